The second-order valence-electron chi connectivity index (χ2n) is 7.85. The van der Waals surface area contributed by atoms with Gasteiger partial charge < -0.3 is 9.88 Å². The van der Waals surface area contributed by atoms with E-state index in [0.29, 0.717) is 44.2 Å². The molecule has 0 atom stereocenters. The number of hydrogen-bond acceptors (Lipinski definition) is 7. The predicted molar refractivity (Wildman–Crippen MR) is 128 cm³/mol. The molecule has 0 fully saturated rings. The molecule has 11 heteroatoms. The fourth-order valence-electron chi connectivity index (χ4n) is 3.82. The van der Waals surface area contributed by atoms with Gasteiger partial charge in [0.25, 0.3) is 0 Å². The van der Waals surface area contributed by atoms with Crippen LogP contribution in [0, 0.1) is 10.9 Å². The molecule has 0 saturated carbocycles. The summed E-state index contributed by atoms with van der Waals surface area (Å²) in [6.07, 6.45) is 6.38. The zero-order valence-electron chi connectivity index (χ0n) is 18.0. The van der Waals surface area contributed by atoms with E-state index in [1.165, 1.54) is 12.3 Å². The molecule has 0 spiro atoms. The number of nitrogens with zero attached hydrogens (tertiary/aromatic N) is 6. The van der Waals surface area contributed by atoms with Gasteiger partial charge in [0.2, 0.25) is 0 Å². The van der Waals surface area contributed by atoms with Crippen molar-refractivity contribution in [3.05, 3.63) is 60.0 Å². The monoisotopic (exact) mass is 474 g/mol. The van der Waals surface area contributed by atoms with E-state index < -0.39 is 5.82 Å². The average Bonchev–Trinajstić information content (AvgIpc) is 3.56. The first-order valence-corrected chi connectivity index (χ1v) is 11.1. The second kappa shape index (κ2) is 7.66. The SMILES string of the molecule is CN(C)c1cncc(-c2cnc3[nH]nc(-c4nc5c(-c6ccc(F)s6)nccc5[nH]4)c3c2F)c1. The molecule has 34 heavy (non-hydrogen) atoms. The summed E-state index contributed by atoms with van der Waals surface area (Å²) in [7, 11) is 3.78. The maximum atomic E-state index is 15.8. The number of aromatic amines is 2. The number of anilines is 1. The summed E-state index contributed by atoms with van der Waals surface area (Å²) in [5, 5.41) is 6.97. The number of hydrogen-bond donors (Lipinski definition) is 2. The van der Waals surface area contributed by atoms with Crippen molar-refractivity contribution >= 4 is 39.1 Å². The molecule has 0 aromatic carbocycles. The number of rotatable bonds is 4. The highest BCUT2D eigenvalue weighted by molar-refractivity contribution is 7.13. The van der Waals surface area contributed by atoms with Crippen molar-refractivity contribution in [2.75, 3.05) is 19.0 Å². The second-order valence-corrected chi connectivity index (χ2v) is 8.89. The van der Waals surface area contributed by atoms with Gasteiger partial charge in [-0.2, -0.15) is 9.49 Å². The lowest BCUT2D eigenvalue weighted by Gasteiger charge is -2.13. The van der Waals surface area contributed by atoms with Gasteiger partial charge in [0.15, 0.2) is 16.6 Å². The first kappa shape index (κ1) is 20.4. The number of halogens is 2. The van der Waals surface area contributed by atoms with E-state index in [9.17, 15) is 4.39 Å². The quantitative estimate of drug-likeness (QED) is 0.372. The number of H-pyrrole nitrogens is 2. The van der Waals surface area contributed by atoms with Crippen LogP contribution in [0.25, 0.3) is 55.3 Å². The third kappa shape index (κ3) is 3.20. The standard InChI is InChI=1S/C23H16F2N8S/c1-33(2)12-7-11(8-26-9-12)13-10-28-22-17(18(13)25)21(31-32-22)23-29-14-5-6-27-20(19(14)30-23)15-3-4-16(24)34-15/h3-10H,1-2H3,(H,29,30)(H,28,31,32). The van der Waals surface area contributed by atoms with E-state index in [1.54, 1.807) is 30.7 Å². The Bertz CT molecular complexity index is 1680. The van der Waals surface area contributed by atoms with Gasteiger partial charge >= 0.3 is 0 Å². The lowest BCUT2D eigenvalue weighted by Crippen LogP contribution is -2.08. The summed E-state index contributed by atoms with van der Waals surface area (Å²) in [5.74, 6) is -0.129. The Balaban J connectivity index is 1.52. The molecule has 6 rings (SSSR count). The average molecular weight is 475 g/mol. The Kier molecular flexibility index (Phi) is 4.59. The summed E-state index contributed by atoms with van der Waals surface area (Å²) in [6.45, 7) is 0. The third-order valence-corrected chi connectivity index (χ3v) is 6.39. The van der Waals surface area contributed by atoms with Crippen molar-refractivity contribution in [1.29, 1.82) is 0 Å². The summed E-state index contributed by atoms with van der Waals surface area (Å²) in [6, 6.07) is 6.65. The van der Waals surface area contributed by atoms with Crippen LogP contribution in [0.15, 0.2) is 49.1 Å². The van der Waals surface area contributed by atoms with Crippen LogP contribution in [0.1, 0.15) is 0 Å². The minimum absolute atomic E-state index is 0.212. The minimum Gasteiger partial charge on any atom is -0.376 e. The van der Waals surface area contributed by atoms with Crippen LogP contribution in [0.3, 0.4) is 0 Å². The van der Waals surface area contributed by atoms with E-state index in [-0.39, 0.29) is 16.2 Å². The van der Waals surface area contributed by atoms with Gasteiger partial charge in [0.1, 0.15) is 22.7 Å². The van der Waals surface area contributed by atoms with E-state index in [4.69, 9.17) is 0 Å². The molecule has 2 N–H and O–H groups in total. The first-order valence-electron chi connectivity index (χ1n) is 10.3. The predicted octanol–water partition coefficient (Wildman–Crippen LogP) is 5.03. The summed E-state index contributed by atoms with van der Waals surface area (Å²) < 4.78 is 29.4. The van der Waals surface area contributed by atoms with Crippen LogP contribution in [-0.4, -0.2) is 49.2 Å². The summed E-state index contributed by atoms with van der Waals surface area (Å²) in [5.41, 5.74) is 4.09. The minimum atomic E-state index is -0.481. The molecule has 8 nitrogen and oxygen atoms in total. The lowest BCUT2D eigenvalue weighted by atomic mass is 10.1. The van der Waals surface area contributed by atoms with Crippen molar-refractivity contribution in [3.63, 3.8) is 0 Å². The topological polar surface area (TPSA) is 99.3 Å². The molecule has 0 aliphatic rings. The van der Waals surface area contributed by atoms with Crippen molar-refractivity contribution in [2.45, 2.75) is 0 Å². The molecule has 0 aliphatic heterocycles. The van der Waals surface area contributed by atoms with Gasteiger partial charge in [-0.05, 0) is 24.3 Å². The lowest BCUT2D eigenvalue weighted by molar-refractivity contribution is 0.642. The van der Waals surface area contributed by atoms with Crippen LogP contribution < -0.4 is 4.90 Å². The van der Waals surface area contributed by atoms with Crippen molar-refractivity contribution in [3.8, 4) is 33.2 Å². The molecular formula is C23H16F2N8S. The van der Waals surface area contributed by atoms with E-state index >= 15 is 4.39 Å². The Morgan fingerprint density at radius 2 is 1.88 bits per heavy atom. The highest BCUT2D eigenvalue weighted by Crippen LogP contribution is 2.35. The summed E-state index contributed by atoms with van der Waals surface area (Å²) >= 11 is 0.986. The molecule has 6 aromatic rings. The van der Waals surface area contributed by atoms with Gasteiger partial charge in [0, 0.05) is 43.8 Å². The molecule has 6 aromatic heterocycles. The van der Waals surface area contributed by atoms with Crippen molar-refractivity contribution in [2.24, 2.45) is 0 Å². The first-order chi connectivity index (χ1) is 16.5. The number of imidazole rings is 1. The molecule has 0 amide bonds. The van der Waals surface area contributed by atoms with Crippen LogP contribution in [0.4, 0.5) is 14.5 Å². The zero-order valence-corrected chi connectivity index (χ0v) is 18.8. The fourth-order valence-corrected chi connectivity index (χ4v) is 4.54. The third-order valence-electron chi connectivity index (χ3n) is 5.51. The maximum absolute atomic E-state index is 15.8. The van der Waals surface area contributed by atoms with Gasteiger partial charge in [-0.15, -0.1) is 11.3 Å². The van der Waals surface area contributed by atoms with Crippen molar-refractivity contribution < 1.29 is 8.78 Å². The van der Waals surface area contributed by atoms with E-state index in [0.717, 1.165) is 17.0 Å². The maximum Gasteiger partial charge on any atom is 0.177 e. The molecule has 0 radical (unpaired) electrons. The van der Waals surface area contributed by atoms with Gasteiger partial charge in [-0.3, -0.25) is 15.1 Å². The van der Waals surface area contributed by atoms with E-state index in [2.05, 4.69) is 35.1 Å². The molecule has 0 saturated heterocycles. The molecule has 168 valence electrons. The number of nitrogens with one attached hydrogen (secondary N) is 2. The Hall–Kier alpha value is -4.25. The Morgan fingerprint density at radius 1 is 1.00 bits per heavy atom. The van der Waals surface area contributed by atoms with Gasteiger partial charge in [0.05, 0.1) is 27.7 Å². The number of aromatic nitrogens is 7. The molecule has 0 bridgehead atoms. The normalized spacial score (nSPS) is 11.5. The van der Waals surface area contributed by atoms with Crippen LogP contribution in [0.2, 0.25) is 0 Å². The van der Waals surface area contributed by atoms with Crippen LogP contribution in [-0.2, 0) is 0 Å². The van der Waals surface area contributed by atoms with Gasteiger partial charge in [-0.25, -0.2) is 14.4 Å². The Morgan fingerprint density at radius 3 is 2.68 bits per heavy atom. The van der Waals surface area contributed by atoms with Crippen LogP contribution >= 0.6 is 11.3 Å². The van der Waals surface area contributed by atoms with Crippen molar-refractivity contribution in [1.82, 2.24) is 35.1 Å². The highest BCUT2D eigenvalue weighted by atomic mass is 32.1. The largest absolute Gasteiger partial charge is 0.376 e. The van der Waals surface area contributed by atoms with Gasteiger partial charge in [-0.1, -0.05) is 0 Å². The Labute approximate surface area is 195 Å². The smallest absolute Gasteiger partial charge is 0.177 e. The van der Waals surface area contributed by atoms with E-state index in [1.807, 2.05) is 25.1 Å². The molecule has 0 unspecified atom stereocenters. The number of thiophene rings is 1. The summed E-state index contributed by atoms with van der Waals surface area (Å²) in [4.78, 5) is 23.3. The highest BCUT2D eigenvalue weighted by Gasteiger charge is 2.22. The van der Waals surface area contributed by atoms with Crippen LogP contribution in [0.5, 0.6) is 0 Å². The molecular weight excluding hydrogens is 458 g/mol. The molecule has 0 aliphatic carbocycles. The fraction of sp³-hybridized carbons (Fsp3) is 0.0870. The number of pyridine rings is 3. The molecule has 6 heterocycles. The number of fused-ring (bicyclic) bond motifs is 2. The zero-order chi connectivity index (χ0) is 23.4.